The average molecular weight is 597 g/mol. The number of anilines is 1. The molecule has 0 amide bonds. The Morgan fingerprint density at radius 1 is 1.02 bits per heavy atom. The van der Waals surface area contributed by atoms with E-state index in [-0.39, 0.29) is 33.0 Å². The Morgan fingerprint density at radius 3 is 2.38 bits per heavy atom. The largest absolute Gasteiger partial charge is 0.573 e. The number of aryl methyl sites for hydroxylation is 1. The van der Waals surface area contributed by atoms with Gasteiger partial charge in [-0.2, -0.15) is 0 Å². The first-order valence-corrected chi connectivity index (χ1v) is 13.9. The lowest BCUT2D eigenvalue weighted by atomic mass is 9.95. The standard InChI is InChI=1S/C27H24ClF3N2O6S/c1-14-7-18(39-27(29,30)31)12-21-22(13-32-24(14)21)26(34)25(20-6-5-15(28)8-23(20)38-3)33-16-9-17(37-2)11-19(10-16)40(4,35)36/h5-13,25,32-33H,1-4H3. The molecule has 1 unspecified atom stereocenters. The third-order valence-corrected chi connectivity index (χ3v) is 7.41. The smallest absolute Gasteiger partial charge is 0.497 e. The van der Waals surface area contributed by atoms with Gasteiger partial charge in [-0.3, -0.25) is 4.79 Å². The van der Waals surface area contributed by atoms with Crippen molar-refractivity contribution in [1.82, 2.24) is 4.98 Å². The SMILES string of the molecule is COc1cc(NC(C(=O)c2c[nH]c3c(C)cc(OC(F)(F)F)cc23)c2ccc(Cl)cc2OC)cc(S(C)(=O)=O)c1. The summed E-state index contributed by atoms with van der Waals surface area (Å²) in [5.74, 6) is -0.567. The van der Waals surface area contributed by atoms with Crippen LogP contribution in [0.4, 0.5) is 18.9 Å². The highest BCUT2D eigenvalue weighted by Gasteiger charge is 2.32. The van der Waals surface area contributed by atoms with Crippen molar-refractivity contribution in [2.45, 2.75) is 24.2 Å². The Hall–Kier alpha value is -3.90. The van der Waals surface area contributed by atoms with E-state index < -0.39 is 33.8 Å². The van der Waals surface area contributed by atoms with E-state index in [0.29, 0.717) is 21.7 Å². The van der Waals surface area contributed by atoms with Crippen LogP contribution in [-0.2, 0) is 9.84 Å². The quantitative estimate of drug-likeness (QED) is 0.213. The molecule has 4 rings (SSSR count). The van der Waals surface area contributed by atoms with Gasteiger partial charge < -0.3 is 24.5 Å². The van der Waals surface area contributed by atoms with Crippen molar-refractivity contribution < 1.29 is 40.6 Å². The van der Waals surface area contributed by atoms with Gasteiger partial charge in [-0.15, -0.1) is 13.2 Å². The lowest BCUT2D eigenvalue weighted by molar-refractivity contribution is -0.274. The van der Waals surface area contributed by atoms with Crippen molar-refractivity contribution in [2.75, 3.05) is 25.8 Å². The topological polar surface area (TPSA) is 107 Å². The molecular formula is C27H24ClF3N2O6S. The van der Waals surface area contributed by atoms with Gasteiger partial charge in [0.2, 0.25) is 0 Å². The molecule has 0 aliphatic rings. The number of ketones is 1. The molecule has 40 heavy (non-hydrogen) atoms. The summed E-state index contributed by atoms with van der Waals surface area (Å²) >= 11 is 6.14. The molecule has 8 nitrogen and oxygen atoms in total. The van der Waals surface area contributed by atoms with E-state index in [1.165, 1.54) is 50.7 Å². The summed E-state index contributed by atoms with van der Waals surface area (Å²) in [6.07, 6.45) is -2.50. The Kier molecular flexibility index (Phi) is 7.95. The highest BCUT2D eigenvalue weighted by molar-refractivity contribution is 7.90. The number of rotatable bonds is 9. The molecule has 212 valence electrons. The molecule has 0 fully saturated rings. The van der Waals surface area contributed by atoms with Gasteiger partial charge in [0.25, 0.3) is 0 Å². The minimum absolute atomic E-state index is 0.0553. The van der Waals surface area contributed by atoms with Gasteiger partial charge in [0.1, 0.15) is 23.3 Å². The maximum Gasteiger partial charge on any atom is 0.573 e. The number of aromatic amines is 1. The molecular weight excluding hydrogens is 573 g/mol. The first kappa shape index (κ1) is 29.1. The minimum Gasteiger partial charge on any atom is -0.497 e. The monoisotopic (exact) mass is 596 g/mol. The second-order valence-electron chi connectivity index (χ2n) is 8.91. The Balaban J connectivity index is 1.89. The molecule has 0 saturated heterocycles. The van der Waals surface area contributed by atoms with Crippen LogP contribution in [0.1, 0.15) is 27.5 Å². The molecule has 0 aliphatic carbocycles. The van der Waals surface area contributed by atoms with Crippen LogP contribution >= 0.6 is 11.6 Å². The van der Waals surface area contributed by atoms with Crippen LogP contribution in [0.5, 0.6) is 17.2 Å². The van der Waals surface area contributed by atoms with Crippen LogP contribution in [-0.4, -0.2) is 46.0 Å². The first-order valence-electron chi connectivity index (χ1n) is 11.6. The van der Waals surface area contributed by atoms with E-state index in [4.69, 9.17) is 21.1 Å². The van der Waals surface area contributed by atoms with Crippen molar-refractivity contribution in [1.29, 1.82) is 0 Å². The van der Waals surface area contributed by atoms with E-state index >= 15 is 0 Å². The zero-order valence-corrected chi connectivity index (χ0v) is 23.2. The van der Waals surface area contributed by atoms with Crippen molar-refractivity contribution in [3.8, 4) is 17.2 Å². The summed E-state index contributed by atoms with van der Waals surface area (Å²) in [4.78, 5) is 17.0. The Morgan fingerprint density at radius 2 is 1.75 bits per heavy atom. The zero-order valence-electron chi connectivity index (χ0n) is 21.6. The fraction of sp³-hybridized carbons (Fsp3) is 0.222. The molecule has 0 radical (unpaired) electrons. The molecule has 4 aromatic rings. The highest BCUT2D eigenvalue weighted by atomic mass is 35.5. The van der Waals surface area contributed by atoms with E-state index in [1.807, 2.05) is 0 Å². The van der Waals surface area contributed by atoms with Gasteiger partial charge in [-0.05, 0) is 48.9 Å². The van der Waals surface area contributed by atoms with Crippen LogP contribution in [0.2, 0.25) is 5.02 Å². The normalized spacial score (nSPS) is 12.7. The van der Waals surface area contributed by atoms with Crippen molar-refractivity contribution in [3.05, 3.63) is 76.4 Å². The van der Waals surface area contributed by atoms with Gasteiger partial charge >= 0.3 is 6.36 Å². The molecule has 1 atom stereocenters. The second-order valence-corrected chi connectivity index (χ2v) is 11.4. The van der Waals surface area contributed by atoms with Crippen LogP contribution in [0.15, 0.2) is 59.6 Å². The number of nitrogens with one attached hydrogen (secondary N) is 2. The molecule has 13 heteroatoms. The summed E-state index contributed by atoms with van der Waals surface area (Å²) < 4.78 is 78.3. The predicted molar refractivity (Wildman–Crippen MR) is 145 cm³/mol. The number of hydrogen-bond donors (Lipinski definition) is 2. The molecule has 0 saturated carbocycles. The number of fused-ring (bicyclic) bond motifs is 1. The summed E-state index contributed by atoms with van der Waals surface area (Å²) in [5.41, 5.74) is 1.50. The van der Waals surface area contributed by atoms with Gasteiger partial charge in [-0.25, -0.2) is 8.42 Å². The molecule has 2 N–H and O–H groups in total. The molecule has 1 heterocycles. The summed E-state index contributed by atoms with van der Waals surface area (Å²) in [5, 5.41) is 3.59. The molecule has 3 aromatic carbocycles. The highest BCUT2D eigenvalue weighted by Crippen LogP contribution is 2.37. The lowest BCUT2D eigenvalue weighted by Gasteiger charge is -2.22. The van der Waals surface area contributed by atoms with Gasteiger partial charge in [0.15, 0.2) is 15.6 Å². The lowest BCUT2D eigenvalue weighted by Crippen LogP contribution is -2.22. The van der Waals surface area contributed by atoms with E-state index in [2.05, 4.69) is 15.0 Å². The predicted octanol–water partition coefficient (Wildman–Crippen LogP) is 6.49. The van der Waals surface area contributed by atoms with Crippen molar-refractivity contribution in [2.24, 2.45) is 0 Å². The number of ether oxygens (including phenoxy) is 3. The summed E-state index contributed by atoms with van der Waals surface area (Å²) in [6, 6.07) is 9.94. The third kappa shape index (κ3) is 6.28. The van der Waals surface area contributed by atoms with Crippen LogP contribution in [0, 0.1) is 6.92 Å². The molecule has 1 aromatic heterocycles. The number of Topliss-reactive ketones (excluding diaryl/α,β-unsaturated/α-hetero) is 1. The van der Waals surface area contributed by atoms with Gasteiger partial charge in [0.05, 0.1) is 19.1 Å². The fourth-order valence-electron chi connectivity index (χ4n) is 4.29. The number of hydrogen-bond acceptors (Lipinski definition) is 7. The maximum absolute atomic E-state index is 14.1. The van der Waals surface area contributed by atoms with Crippen molar-refractivity contribution >= 4 is 43.8 Å². The third-order valence-electron chi connectivity index (χ3n) is 6.08. The molecule has 0 aliphatic heterocycles. The molecule has 0 bridgehead atoms. The van der Waals surface area contributed by atoms with Crippen LogP contribution < -0.4 is 19.5 Å². The van der Waals surface area contributed by atoms with E-state index in [0.717, 1.165) is 12.3 Å². The second kappa shape index (κ2) is 10.9. The number of benzene rings is 3. The average Bonchev–Trinajstić information content (AvgIpc) is 3.29. The first-order chi connectivity index (χ1) is 18.7. The number of H-pyrrole nitrogens is 1. The van der Waals surface area contributed by atoms with E-state index in [1.54, 1.807) is 19.1 Å². The van der Waals surface area contributed by atoms with Gasteiger partial charge in [0, 0.05) is 51.3 Å². The summed E-state index contributed by atoms with van der Waals surface area (Å²) in [6.45, 7) is 1.58. The minimum atomic E-state index is -4.93. The number of sulfone groups is 1. The Bertz CT molecular complexity index is 1700. The van der Waals surface area contributed by atoms with E-state index in [9.17, 15) is 26.4 Å². The van der Waals surface area contributed by atoms with Crippen LogP contribution in [0.3, 0.4) is 0 Å². The van der Waals surface area contributed by atoms with Crippen LogP contribution in [0.25, 0.3) is 10.9 Å². The van der Waals surface area contributed by atoms with Gasteiger partial charge in [-0.1, -0.05) is 17.7 Å². The number of alkyl halides is 3. The number of halogens is 4. The number of carbonyl (C=O) groups excluding carboxylic acids is 1. The number of carbonyl (C=O) groups is 1. The van der Waals surface area contributed by atoms with Crippen molar-refractivity contribution in [3.63, 3.8) is 0 Å². The molecule has 0 spiro atoms. The number of aromatic nitrogens is 1. The zero-order chi connectivity index (χ0) is 29.4. The fourth-order valence-corrected chi connectivity index (χ4v) is 5.13. The maximum atomic E-state index is 14.1. The Labute approximate surface area is 232 Å². The summed E-state index contributed by atoms with van der Waals surface area (Å²) in [7, 11) is -0.897. The number of methoxy groups -OCH3 is 2.